The topological polar surface area (TPSA) is 61.0 Å². The minimum Gasteiger partial charge on any atom is -0.337 e. The molecule has 1 amide bonds. The molecule has 5 heteroatoms. The van der Waals surface area contributed by atoms with Crippen molar-refractivity contribution in [3.05, 3.63) is 17.5 Å². The zero-order chi connectivity index (χ0) is 13.0. The number of hydrogen-bond acceptors (Lipinski definition) is 3. The Morgan fingerprint density at radius 1 is 1.56 bits per heavy atom. The molecule has 0 aromatic carbocycles. The molecule has 2 N–H and O–H groups in total. The van der Waals surface area contributed by atoms with E-state index in [-0.39, 0.29) is 5.91 Å². The molecule has 2 heterocycles. The molecule has 1 aliphatic rings. The van der Waals surface area contributed by atoms with Gasteiger partial charge in [0.2, 0.25) is 0 Å². The molecule has 2 rings (SSSR count). The van der Waals surface area contributed by atoms with E-state index < -0.39 is 0 Å². The minimum atomic E-state index is 0.0585. The Bertz CT molecular complexity index is 393. The van der Waals surface area contributed by atoms with E-state index in [0.717, 1.165) is 44.5 Å². The monoisotopic (exact) mass is 250 g/mol. The van der Waals surface area contributed by atoms with Gasteiger partial charge in [0.25, 0.3) is 5.91 Å². The first-order valence-corrected chi connectivity index (χ1v) is 6.75. The number of amides is 1. The summed E-state index contributed by atoms with van der Waals surface area (Å²) in [6.45, 7) is 3.76. The third kappa shape index (κ3) is 2.90. The van der Waals surface area contributed by atoms with Gasteiger partial charge in [-0.2, -0.15) is 5.10 Å². The molecule has 0 radical (unpaired) electrons. The van der Waals surface area contributed by atoms with E-state index in [9.17, 15) is 4.79 Å². The van der Waals surface area contributed by atoms with Gasteiger partial charge in [-0.3, -0.25) is 9.89 Å². The quantitative estimate of drug-likeness (QED) is 0.843. The van der Waals surface area contributed by atoms with E-state index in [0.29, 0.717) is 11.7 Å². The Kier molecular flexibility index (Phi) is 4.36. The van der Waals surface area contributed by atoms with Crippen molar-refractivity contribution < 1.29 is 4.79 Å². The molecule has 18 heavy (non-hydrogen) atoms. The molecule has 1 saturated heterocycles. The van der Waals surface area contributed by atoms with Crippen LogP contribution in [0.15, 0.2) is 6.07 Å². The number of nitrogens with zero attached hydrogens (tertiary/aromatic N) is 2. The smallest absolute Gasteiger partial charge is 0.274 e. The van der Waals surface area contributed by atoms with Gasteiger partial charge < -0.3 is 10.2 Å². The fraction of sp³-hybridized carbons (Fsp3) is 0.692. The second-order valence-electron chi connectivity index (χ2n) is 4.88. The number of piperidine rings is 1. The summed E-state index contributed by atoms with van der Waals surface area (Å²) >= 11 is 0. The highest BCUT2D eigenvalue weighted by Gasteiger charge is 2.24. The molecule has 5 nitrogen and oxygen atoms in total. The average Bonchev–Trinajstić information content (AvgIpc) is 2.87. The summed E-state index contributed by atoms with van der Waals surface area (Å²) in [5.41, 5.74) is 1.60. The summed E-state index contributed by atoms with van der Waals surface area (Å²) in [7, 11) is 1.98. The van der Waals surface area contributed by atoms with Crippen LogP contribution in [-0.4, -0.2) is 47.2 Å². The zero-order valence-corrected chi connectivity index (χ0v) is 11.2. The minimum absolute atomic E-state index is 0.0585. The van der Waals surface area contributed by atoms with Gasteiger partial charge in [0.1, 0.15) is 5.69 Å². The van der Waals surface area contributed by atoms with Crippen LogP contribution < -0.4 is 5.32 Å². The number of carbonyl (C=O) groups is 1. The summed E-state index contributed by atoms with van der Waals surface area (Å²) in [6.07, 6.45) is 4.05. The first-order chi connectivity index (χ1) is 8.74. The Morgan fingerprint density at radius 3 is 2.89 bits per heavy atom. The van der Waals surface area contributed by atoms with Crippen LogP contribution in [-0.2, 0) is 6.42 Å². The highest BCUT2D eigenvalue weighted by molar-refractivity contribution is 5.92. The first-order valence-electron chi connectivity index (χ1n) is 6.75. The number of carbonyl (C=O) groups excluding carboxylic acids is 1. The SMILES string of the molecule is CCCc1cc(C(=O)N2CCC(NC)CC2)n[nH]1. The summed E-state index contributed by atoms with van der Waals surface area (Å²) in [5, 5.41) is 10.3. The maximum absolute atomic E-state index is 12.2. The highest BCUT2D eigenvalue weighted by Crippen LogP contribution is 2.13. The van der Waals surface area contributed by atoms with Crippen molar-refractivity contribution in [2.45, 2.75) is 38.6 Å². The molecule has 1 fully saturated rings. The van der Waals surface area contributed by atoms with Crippen molar-refractivity contribution in [2.75, 3.05) is 20.1 Å². The molecular formula is C13H22N4O. The van der Waals surface area contributed by atoms with Crippen molar-refractivity contribution in [2.24, 2.45) is 0 Å². The van der Waals surface area contributed by atoms with Crippen molar-refractivity contribution in [3.8, 4) is 0 Å². The first kappa shape index (κ1) is 13.1. The number of likely N-dealkylation sites (tertiary alicyclic amines) is 1. The molecule has 100 valence electrons. The molecule has 1 aliphatic heterocycles. The molecule has 0 bridgehead atoms. The van der Waals surface area contributed by atoms with Crippen LogP contribution in [0.25, 0.3) is 0 Å². The van der Waals surface area contributed by atoms with Crippen LogP contribution in [0.3, 0.4) is 0 Å². The van der Waals surface area contributed by atoms with Gasteiger partial charge in [-0.1, -0.05) is 13.3 Å². The van der Waals surface area contributed by atoms with E-state index in [1.807, 2.05) is 18.0 Å². The van der Waals surface area contributed by atoms with E-state index in [4.69, 9.17) is 0 Å². The lowest BCUT2D eigenvalue weighted by atomic mass is 10.1. The predicted molar refractivity (Wildman–Crippen MR) is 70.6 cm³/mol. The average molecular weight is 250 g/mol. The normalized spacial score (nSPS) is 17.1. The Balaban J connectivity index is 1.94. The maximum atomic E-state index is 12.2. The fourth-order valence-electron chi connectivity index (χ4n) is 2.40. The largest absolute Gasteiger partial charge is 0.337 e. The van der Waals surface area contributed by atoms with Crippen LogP contribution in [0, 0.1) is 0 Å². The number of nitrogens with one attached hydrogen (secondary N) is 2. The summed E-state index contributed by atoms with van der Waals surface area (Å²) in [5.74, 6) is 0.0585. The predicted octanol–water partition coefficient (Wildman–Crippen LogP) is 1.19. The van der Waals surface area contributed by atoms with Gasteiger partial charge >= 0.3 is 0 Å². The number of rotatable bonds is 4. The van der Waals surface area contributed by atoms with Gasteiger partial charge in [-0.05, 0) is 32.4 Å². The van der Waals surface area contributed by atoms with Crippen LogP contribution in [0.2, 0.25) is 0 Å². The van der Waals surface area contributed by atoms with Gasteiger partial charge in [0, 0.05) is 24.8 Å². The van der Waals surface area contributed by atoms with E-state index in [1.165, 1.54) is 0 Å². The van der Waals surface area contributed by atoms with Crippen LogP contribution in [0.1, 0.15) is 42.4 Å². The fourth-order valence-corrected chi connectivity index (χ4v) is 2.40. The lowest BCUT2D eigenvalue weighted by Crippen LogP contribution is -2.44. The van der Waals surface area contributed by atoms with Crippen molar-refractivity contribution >= 4 is 5.91 Å². The third-order valence-electron chi connectivity index (χ3n) is 3.56. The second-order valence-corrected chi connectivity index (χ2v) is 4.88. The van der Waals surface area contributed by atoms with Gasteiger partial charge in [-0.25, -0.2) is 0 Å². The van der Waals surface area contributed by atoms with Crippen LogP contribution in [0.4, 0.5) is 0 Å². The molecular weight excluding hydrogens is 228 g/mol. The van der Waals surface area contributed by atoms with Gasteiger partial charge in [0.05, 0.1) is 0 Å². The third-order valence-corrected chi connectivity index (χ3v) is 3.56. The number of H-pyrrole nitrogens is 1. The van der Waals surface area contributed by atoms with Crippen molar-refractivity contribution in [3.63, 3.8) is 0 Å². The van der Waals surface area contributed by atoms with Crippen molar-refractivity contribution in [1.82, 2.24) is 20.4 Å². The summed E-state index contributed by atoms with van der Waals surface area (Å²) < 4.78 is 0. The number of hydrogen-bond donors (Lipinski definition) is 2. The highest BCUT2D eigenvalue weighted by atomic mass is 16.2. The Hall–Kier alpha value is -1.36. The van der Waals surface area contributed by atoms with Crippen molar-refractivity contribution in [1.29, 1.82) is 0 Å². The Labute approximate surface area is 108 Å². The zero-order valence-electron chi connectivity index (χ0n) is 11.2. The van der Waals surface area contributed by atoms with E-state index in [1.54, 1.807) is 0 Å². The van der Waals surface area contributed by atoms with Gasteiger partial charge in [0.15, 0.2) is 0 Å². The standard InChI is InChI=1S/C13H22N4O/c1-3-4-11-9-12(16-15-11)13(18)17-7-5-10(14-2)6-8-17/h9-10,14H,3-8H2,1-2H3,(H,15,16). The lowest BCUT2D eigenvalue weighted by Gasteiger charge is -2.31. The molecule has 1 aromatic heterocycles. The number of aromatic nitrogens is 2. The molecule has 1 aromatic rings. The summed E-state index contributed by atoms with van der Waals surface area (Å²) in [4.78, 5) is 14.1. The number of aromatic amines is 1. The second kappa shape index (κ2) is 6.00. The van der Waals surface area contributed by atoms with E-state index >= 15 is 0 Å². The van der Waals surface area contributed by atoms with E-state index in [2.05, 4.69) is 22.4 Å². The molecule has 0 saturated carbocycles. The number of aryl methyl sites for hydroxylation is 1. The molecule has 0 atom stereocenters. The maximum Gasteiger partial charge on any atom is 0.274 e. The Morgan fingerprint density at radius 2 is 2.28 bits per heavy atom. The molecule has 0 spiro atoms. The lowest BCUT2D eigenvalue weighted by molar-refractivity contribution is 0.0701. The van der Waals surface area contributed by atoms with Crippen LogP contribution >= 0.6 is 0 Å². The summed E-state index contributed by atoms with van der Waals surface area (Å²) in [6, 6.07) is 2.43. The van der Waals surface area contributed by atoms with Crippen LogP contribution in [0.5, 0.6) is 0 Å². The van der Waals surface area contributed by atoms with Gasteiger partial charge in [-0.15, -0.1) is 0 Å². The molecule has 0 unspecified atom stereocenters. The molecule has 0 aliphatic carbocycles.